The van der Waals surface area contributed by atoms with Crippen LogP contribution < -0.4 is 14.4 Å². The van der Waals surface area contributed by atoms with E-state index in [9.17, 15) is 13.2 Å². The second kappa shape index (κ2) is 12.6. The Morgan fingerprint density at radius 3 is 2.74 bits per heavy atom. The van der Waals surface area contributed by atoms with Gasteiger partial charge in [0.05, 0.1) is 23.1 Å². The van der Waals surface area contributed by atoms with E-state index in [-0.39, 0.29) is 17.4 Å². The first-order valence-corrected chi connectivity index (χ1v) is 18.0. The molecule has 9 heteroatoms. The molecule has 3 aliphatic heterocycles. The zero-order chi connectivity index (χ0) is 30.2. The zero-order valence-electron chi connectivity index (χ0n) is 25.4. The summed E-state index contributed by atoms with van der Waals surface area (Å²) in [5, 5.41) is 0.0703. The topological polar surface area (TPSA) is 84.9 Å². The van der Waals surface area contributed by atoms with E-state index >= 15 is 0 Å². The van der Waals surface area contributed by atoms with Crippen LogP contribution in [0.15, 0.2) is 53.1 Å². The average Bonchev–Trinajstić information content (AvgIpc) is 3.42. The molecule has 1 aromatic rings. The van der Waals surface area contributed by atoms with Crippen LogP contribution in [0.2, 0.25) is 0 Å². The van der Waals surface area contributed by atoms with Crippen molar-refractivity contribution in [1.82, 2.24) is 4.72 Å². The van der Waals surface area contributed by atoms with Gasteiger partial charge in [-0.15, -0.1) is 0 Å². The summed E-state index contributed by atoms with van der Waals surface area (Å²) in [6.45, 7) is 6.57. The quantitative estimate of drug-likeness (QED) is 0.320. The first-order valence-electron chi connectivity index (χ1n) is 16.1. The van der Waals surface area contributed by atoms with Gasteiger partial charge in [0, 0.05) is 36.2 Å². The minimum atomic E-state index is -3.88. The van der Waals surface area contributed by atoms with Gasteiger partial charge in [-0.2, -0.15) is 0 Å². The van der Waals surface area contributed by atoms with Gasteiger partial charge in [0.2, 0.25) is 10.0 Å². The van der Waals surface area contributed by atoms with E-state index < -0.39 is 21.2 Å². The van der Waals surface area contributed by atoms with Crippen LogP contribution in [0.1, 0.15) is 82.0 Å². The molecule has 2 bridgehead atoms. The lowest BCUT2D eigenvalue weighted by molar-refractivity contribution is -0.0625. The largest absolute Gasteiger partial charge is 0.491 e. The molecule has 1 spiro atoms. The number of carbonyl (C=O) groups excluding carboxylic acids is 1. The zero-order valence-corrected chi connectivity index (χ0v) is 27.0. The minimum absolute atomic E-state index is 0.162. The van der Waals surface area contributed by atoms with Crippen molar-refractivity contribution in [3.63, 3.8) is 0 Å². The van der Waals surface area contributed by atoms with E-state index in [0.29, 0.717) is 30.4 Å². The first kappa shape index (κ1) is 30.7. The molecule has 1 aromatic carbocycles. The molecule has 2 fully saturated rings. The lowest BCUT2D eigenvalue weighted by Gasteiger charge is -2.48. The van der Waals surface area contributed by atoms with E-state index in [2.05, 4.69) is 33.9 Å². The third-order valence-electron chi connectivity index (χ3n) is 10.6. The Hall–Kier alpha value is -2.29. The number of anilines is 1. The molecule has 43 heavy (non-hydrogen) atoms. The van der Waals surface area contributed by atoms with Crippen LogP contribution in [-0.2, 0) is 14.8 Å². The van der Waals surface area contributed by atoms with E-state index in [4.69, 9.17) is 21.1 Å². The van der Waals surface area contributed by atoms with Crippen LogP contribution in [0, 0.1) is 23.7 Å². The van der Waals surface area contributed by atoms with Crippen LogP contribution in [0.3, 0.4) is 0 Å². The number of fused-ring (bicyclic) bond motifs is 4. The highest BCUT2D eigenvalue weighted by Crippen LogP contribution is 2.50. The van der Waals surface area contributed by atoms with Crippen molar-refractivity contribution in [3.8, 4) is 5.75 Å². The Labute approximate surface area is 261 Å². The molecule has 6 atom stereocenters. The molecule has 7 nitrogen and oxygen atoms in total. The van der Waals surface area contributed by atoms with Crippen LogP contribution in [0.25, 0.3) is 0 Å². The molecule has 0 radical (unpaired) electrons. The van der Waals surface area contributed by atoms with E-state index in [1.54, 1.807) is 13.0 Å². The second-order valence-corrected chi connectivity index (χ2v) is 15.8. The van der Waals surface area contributed by atoms with Gasteiger partial charge in [0.25, 0.3) is 5.91 Å². The number of rotatable bonds is 0. The molecule has 5 aliphatic rings. The van der Waals surface area contributed by atoms with Gasteiger partial charge < -0.3 is 14.4 Å². The number of nitrogens with zero attached hydrogens (tertiary/aromatic N) is 1. The van der Waals surface area contributed by atoms with Crippen LogP contribution in [0.5, 0.6) is 5.75 Å². The van der Waals surface area contributed by atoms with Gasteiger partial charge in [-0.05, 0) is 107 Å². The number of hydrogen-bond acceptors (Lipinski definition) is 6. The summed E-state index contributed by atoms with van der Waals surface area (Å²) < 4.78 is 42.0. The summed E-state index contributed by atoms with van der Waals surface area (Å²) in [4.78, 5) is 15.8. The Balaban J connectivity index is 1.39. The number of allylic oxidation sites excluding steroid dienone is 4. The average molecular weight is 629 g/mol. The fraction of sp³-hybridized carbons (Fsp3) is 0.618. The number of ether oxygens (including phenoxy) is 2. The highest BCUT2D eigenvalue weighted by Gasteiger charge is 2.49. The monoisotopic (exact) mass is 628 g/mol. The number of sulfonamides is 1. The van der Waals surface area contributed by atoms with Crippen molar-refractivity contribution in [2.45, 2.75) is 82.5 Å². The summed E-state index contributed by atoms with van der Waals surface area (Å²) in [6.07, 6.45) is 17.3. The van der Waals surface area contributed by atoms with Crippen LogP contribution in [0.4, 0.5) is 5.69 Å². The number of amides is 1. The van der Waals surface area contributed by atoms with Crippen molar-refractivity contribution in [2.24, 2.45) is 23.7 Å². The van der Waals surface area contributed by atoms with Crippen LogP contribution >= 0.6 is 11.6 Å². The lowest BCUT2D eigenvalue weighted by Crippen LogP contribution is -2.49. The summed E-state index contributed by atoms with van der Waals surface area (Å²) in [6, 6.07) is 5.36. The molecule has 1 amide bonds. The Morgan fingerprint density at radius 2 is 1.98 bits per heavy atom. The number of halogens is 1. The summed E-state index contributed by atoms with van der Waals surface area (Å²) >= 11 is 6.39. The number of carbonyl (C=O) groups is 1. The summed E-state index contributed by atoms with van der Waals surface area (Å²) in [5.41, 5.74) is 2.23. The Bertz CT molecular complexity index is 1410. The van der Waals surface area contributed by atoms with Gasteiger partial charge in [-0.3, -0.25) is 4.79 Å². The fourth-order valence-electron chi connectivity index (χ4n) is 7.58. The number of hydrogen-bond donors (Lipinski definition) is 1. The van der Waals surface area contributed by atoms with Gasteiger partial charge in [0.15, 0.2) is 0 Å². The number of nitrogens with one attached hydrogen (secondary N) is 1. The predicted octanol–water partition coefficient (Wildman–Crippen LogP) is 6.74. The molecule has 234 valence electrons. The molecular weight excluding hydrogens is 584 g/mol. The second-order valence-electron chi connectivity index (χ2n) is 13.3. The van der Waals surface area contributed by atoms with Crippen molar-refractivity contribution < 1.29 is 22.7 Å². The fourth-order valence-corrected chi connectivity index (χ4v) is 9.09. The molecular formula is C34H45ClN2O5S. The maximum atomic E-state index is 13.4. The normalized spacial score (nSPS) is 35.6. The predicted molar refractivity (Wildman–Crippen MR) is 171 cm³/mol. The van der Waals surface area contributed by atoms with Gasteiger partial charge in [0.1, 0.15) is 5.75 Å². The van der Waals surface area contributed by atoms with E-state index in [1.807, 2.05) is 19.1 Å². The van der Waals surface area contributed by atoms with Crippen molar-refractivity contribution >= 4 is 33.2 Å². The third kappa shape index (κ3) is 6.43. The van der Waals surface area contributed by atoms with Crippen molar-refractivity contribution in [3.05, 3.63) is 58.7 Å². The molecule has 6 rings (SSSR count). The maximum Gasteiger partial charge on any atom is 0.264 e. The third-order valence-corrected chi connectivity index (χ3v) is 12.8. The lowest BCUT2D eigenvalue weighted by atomic mass is 9.63. The Morgan fingerprint density at radius 1 is 1.12 bits per heavy atom. The summed E-state index contributed by atoms with van der Waals surface area (Å²) in [5.74, 6) is 1.08. The summed E-state index contributed by atoms with van der Waals surface area (Å²) in [7, 11) is -3.88. The first-order chi connectivity index (χ1) is 20.6. The van der Waals surface area contributed by atoms with E-state index in [0.717, 1.165) is 87.5 Å². The highest BCUT2D eigenvalue weighted by atomic mass is 35.5. The van der Waals surface area contributed by atoms with Crippen molar-refractivity contribution in [1.29, 1.82) is 0 Å². The molecule has 3 heterocycles. The van der Waals surface area contributed by atoms with Gasteiger partial charge in [-0.1, -0.05) is 42.3 Å². The van der Waals surface area contributed by atoms with E-state index in [1.165, 1.54) is 5.57 Å². The maximum absolute atomic E-state index is 13.4. The Kier molecular flexibility index (Phi) is 9.01. The number of benzene rings is 1. The van der Waals surface area contributed by atoms with Gasteiger partial charge in [-0.25, -0.2) is 13.1 Å². The van der Waals surface area contributed by atoms with Crippen molar-refractivity contribution in [2.75, 3.05) is 31.2 Å². The standard InChI is InChI=1S/C34H45ClN2O5S/c1-23-7-5-15-34(16-6-18-42-34)30-13-10-27(30)21-37-17-4-3-8-25-19-29(35)12-9-28(25)22-41-32-14-11-26(20-31(32)37)33(38)36-43(39,40)24(23)2/h5,11-12,14-15,19-20,23-24,27-28,30H,3-4,6-10,13,16-18,21-22H2,1-2H3,(H,36,38)/b15-5+/t23-,24+,27-,28?,30+,34+/m0/s1. The molecule has 1 saturated carbocycles. The molecule has 0 aromatic heterocycles. The molecule has 1 saturated heterocycles. The SMILES string of the molecule is C[C@@H]1[C@@H](C)C/C=C/[C@@]2(CCCO2)[C@@H]2CC[C@H]2CN2CCCCC3=CC(Cl)=CCC3COc3ccc(cc32)C(=O)NS1(=O)=O. The molecule has 1 N–H and O–H groups in total. The minimum Gasteiger partial charge on any atom is -0.491 e. The molecule has 2 aliphatic carbocycles. The van der Waals surface area contributed by atoms with Crippen LogP contribution in [-0.4, -0.2) is 51.5 Å². The molecule has 1 unspecified atom stereocenters. The highest BCUT2D eigenvalue weighted by molar-refractivity contribution is 7.90. The van der Waals surface area contributed by atoms with Gasteiger partial charge >= 0.3 is 0 Å². The smallest absolute Gasteiger partial charge is 0.264 e.